The fourth-order valence-electron chi connectivity index (χ4n) is 13.0. The maximum absolute atomic E-state index is 13.6. The van der Waals surface area contributed by atoms with Crippen LogP contribution in [0.5, 0.6) is 0 Å². The van der Waals surface area contributed by atoms with Crippen LogP contribution in [0.2, 0.25) is 0 Å². The number of hydrogen-bond donors (Lipinski definition) is 6. The molecular weight excluding hydrogens is 1250 g/mol. The van der Waals surface area contributed by atoms with E-state index in [9.17, 15) is 57.3 Å². The summed E-state index contributed by atoms with van der Waals surface area (Å²) in [6.07, 6.45) is 1.68. The van der Waals surface area contributed by atoms with Crippen molar-refractivity contribution >= 4 is 69.9 Å². The Morgan fingerprint density at radius 1 is 0.479 bits per heavy atom. The van der Waals surface area contributed by atoms with Gasteiger partial charge in [0.05, 0.1) is 74.7 Å². The average Bonchev–Trinajstić information content (AvgIpc) is 1.62. The summed E-state index contributed by atoms with van der Waals surface area (Å²) in [6.45, 7) is 31.3. The highest BCUT2D eigenvalue weighted by Gasteiger charge is 2.40. The number of aliphatic hydroxyl groups is 3. The molecule has 96 heavy (non-hydrogen) atoms. The molecule has 27 nitrogen and oxygen atoms in total. The maximum atomic E-state index is 13.6. The topological polar surface area (TPSA) is 285 Å². The van der Waals surface area contributed by atoms with E-state index in [1.54, 1.807) is 64.6 Å². The van der Waals surface area contributed by atoms with Crippen molar-refractivity contribution in [3.05, 3.63) is 157 Å². The molecule has 504 valence electrons. The van der Waals surface area contributed by atoms with Crippen LogP contribution in [0.3, 0.4) is 0 Å². The van der Waals surface area contributed by atoms with E-state index in [1.165, 1.54) is 36.4 Å². The SMILES string of the molecule is [C-]#[N+]c1cc(NC(=O)N2CCc3nn4c(c3C2)C(=O)N(C)C[C@@H]([C@@H](O)CC)C4)ccc1F.[C-]#[N+]c1cc(NC(=O)N2CCc3nn4c(c3C2)C(=O)N(C)C[C@H]([C@@H](O)CC)C4)ccc1F.[C-]#[N+]c1cc(NC(=O)N2CCc3nn4c(c3C2)C(=O)N(C)C[C@H]([C@H](O)CC)C4)ccc1F. The molecule has 6 N–H and O–H groups in total. The van der Waals surface area contributed by atoms with Crippen molar-refractivity contribution in [2.45, 2.75) is 117 Å². The second kappa shape index (κ2) is 29.1. The Hall–Kier alpha value is -10.4. The van der Waals surface area contributed by atoms with Gasteiger partial charge < -0.3 is 60.7 Å². The number of fused-ring (bicyclic) bond motifs is 9. The van der Waals surface area contributed by atoms with E-state index < -0.39 is 53.9 Å². The summed E-state index contributed by atoms with van der Waals surface area (Å²) >= 11 is 0. The number of aliphatic hydroxyl groups excluding tert-OH is 3. The van der Waals surface area contributed by atoms with E-state index in [0.717, 1.165) is 52.0 Å². The second-order valence-electron chi connectivity index (χ2n) is 24.8. The number of aromatic nitrogens is 6. The number of amides is 9. The van der Waals surface area contributed by atoms with Crippen LogP contribution >= 0.6 is 0 Å². The quantitative estimate of drug-likeness (QED) is 0.0753. The minimum Gasteiger partial charge on any atom is -0.393 e. The number of halogens is 3. The van der Waals surface area contributed by atoms with Crippen molar-refractivity contribution < 1.29 is 57.3 Å². The van der Waals surface area contributed by atoms with Gasteiger partial charge in [0.1, 0.15) is 34.5 Å². The Morgan fingerprint density at radius 3 is 0.979 bits per heavy atom. The lowest BCUT2D eigenvalue weighted by atomic mass is 10.0. The Labute approximate surface area is 552 Å². The molecule has 6 atom stereocenters. The molecule has 6 aromatic rings. The molecule has 9 heterocycles. The van der Waals surface area contributed by atoms with Gasteiger partial charge in [-0.1, -0.05) is 20.8 Å². The van der Waals surface area contributed by atoms with E-state index in [2.05, 4.69) is 45.8 Å². The first-order valence-corrected chi connectivity index (χ1v) is 31.7. The van der Waals surface area contributed by atoms with Crippen LogP contribution in [0.25, 0.3) is 14.5 Å². The minimum atomic E-state index is -0.641. The summed E-state index contributed by atoms with van der Waals surface area (Å²) in [6, 6.07) is 10.3. The van der Waals surface area contributed by atoms with Crippen LogP contribution in [0.1, 0.15) is 105 Å². The molecule has 3 aromatic carbocycles. The van der Waals surface area contributed by atoms with Gasteiger partial charge in [-0.25, -0.2) is 42.1 Å². The third kappa shape index (κ3) is 14.3. The molecule has 0 unspecified atom stereocenters. The molecule has 0 saturated carbocycles. The lowest BCUT2D eigenvalue weighted by Crippen LogP contribution is -2.40. The number of rotatable bonds is 9. The van der Waals surface area contributed by atoms with Crippen LogP contribution in [0.4, 0.5) is 61.7 Å². The van der Waals surface area contributed by atoms with Gasteiger partial charge in [0, 0.05) is 151 Å². The van der Waals surface area contributed by atoms with Gasteiger partial charge in [0.2, 0.25) is 17.1 Å². The zero-order valence-electron chi connectivity index (χ0n) is 54.0. The van der Waals surface area contributed by atoms with Crippen molar-refractivity contribution in [3.8, 4) is 0 Å². The molecule has 6 aliphatic rings. The molecule has 9 amide bonds. The normalized spacial score (nSPS) is 19.0. The lowest BCUT2D eigenvalue weighted by molar-refractivity contribution is 0.0618. The first-order valence-electron chi connectivity index (χ1n) is 31.7. The summed E-state index contributed by atoms with van der Waals surface area (Å²) in [5.41, 5.74) is 6.39. The van der Waals surface area contributed by atoms with Gasteiger partial charge in [0.15, 0.2) is 0 Å². The monoisotopic (exact) mass is 1320 g/mol. The van der Waals surface area contributed by atoms with E-state index in [-0.39, 0.29) is 72.2 Å². The molecule has 3 aromatic heterocycles. The van der Waals surface area contributed by atoms with E-state index >= 15 is 0 Å². The number of hydrogen-bond acceptors (Lipinski definition) is 12. The molecule has 0 radical (unpaired) electrons. The first-order chi connectivity index (χ1) is 45.9. The summed E-state index contributed by atoms with van der Waals surface area (Å²) in [7, 11) is 5.14. The van der Waals surface area contributed by atoms with E-state index in [1.807, 2.05) is 20.8 Å². The third-order valence-corrected chi connectivity index (χ3v) is 18.4. The zero-order valence-corrected chi connectivity index (χ0v) is 54.0. The first kappa shape index (κ1) is 68.5. The van der Waals surface area contributed by atoms with E-state index in [0.29, 0.717) is 132 Å². The standard InChI is InChI=1S/3C22H25FN6O3/c3*1-4-19(30)13-10-27(3)21(31)20-15-12-28(8-7-17(15)26-29(20)11-13)22(32)25-14-5-6-16(23)18(9-14)24-2/h3*5-6,9,13,19,30H,4,7-8,10-12H2,1,3H3,(H,25,32)/t2*13-,19+;13-,19-/m100/s1. The van der Waals surface area contributed by atoms with E-state index in [4.69, 9.17) is 19.7 Å². The predicted molar refractivity (Wildman–Crippen MR) is 344 cm³/mol. The third-order valence-electron chi connectivity index (χ3n) is 18.4. The van der Waals surface area contributed by atoms with Crippen LogP contribution in [0.15, 0.2) is 54.6 Å². The summed E-state index contributed by atoms with van der Waals surface area (Å²) < 4.78 is 45.7. The molecule has 30 heteroatoms. The smallest absolute Gasteiger partial charge is 0.322 e. The van der Waals surface area contributed by atoms with Gasteiger partial charge in [0.25, 0.3) is 17.7 Å². The average molecular weight is 1320 g/mol. The summed E-state index contributed by atoms with van der Waals surface area (Å²) in [5, 5.41) is 53.1. The molecule has 6 aliphatic heterocycles. The number of carbonyl (C=O) groups is 6. The van der Waals surface area contributed by atoms with Gasteiger partial charge >= 0.3 is 18.1 Å². The molecular formula is C66H75F3N18O9. The number of urea groups is 3. The fraction of sp³-hybridized carbons (Fsp3) is 0.455. The minimum absolute atomic E-state index is 0.119. The Bertz CT molecular complexity index is 3740. The largest absolute Gasteiger partial charge is 0.393 e. The highest BCUT2D eigenvalue weighted by molar-refractivity contribution is 5.97. The van der Waals surface area contributed by atoms with Crippen molar-refractivity contribution in [1.82, 2.24) is 58.7 Å². The maximum Gasteiger partial charge on any atom is 0.322 e. The van der Waals surface area contributed by atoms with Crippen LogP contribution in [-0.4, -0.2) is 189 Å². The van der Waals surface area contributed by atoms with Crippen LogP contribution in [0, 0.1) is 54.9 Å². The van der Waals surface area contributed by atoms with Crippen molar-refractivity contribution in [1.29, 1.82) is 0 Å². The van der Waals surface area contributed by atoms with Crippen molar-refractivity contribution in [3.63, 3.8) is 0 Å². The van der Waals surface area contributed by atoms with Gasteiger partial charge in [-0.2, -0.15) is 15.3 Å². The van der Waals surface area contributed by atoms with Crippen molar-refractivity contribution in [2.24, 2.45) is 17.8 Å². The van der Waals surface area contributed by atoms with Gasteiger partial charge in [-0.05, 0) is 73.9 Å². The second-order valence-corrected chi connectivity index (χ2v) is 24.8. The summed E-state index contributed by atoms with van der Waals surface area (Å²) in [5.74, 6) is -2.80. The fourth-order valence-corrected chi connectivity index (χ4v) is 13.0. The molecule has 0 aliphatic carbocycles. The Kier molecular flexibility index (Phi) is 20.8. The van der Waals surface area contributed by atoms with Crippen molar-refractivity contribution in [2.75, 3.05) is 76.4 Å². The molecule has 12 rings (SSSR count). The molecule has 0 bridgehead atoms. The predicted octanol–water partition coefficient (Wildman–Crippen LogP) is 7.91. The molecule has 0 fully saturated rings. The number of carbonyl (C=O) groups excluding carboxylic acids is 6. The van der Waals surface area contributed by atoms with Crippen LogP contribution in [-0.2, 0) is 58.5 Å². The lowest BCUT2D eigenvalue weighted by Gasteiger charge is -2.27. The van der Waals surface area contributed by atoms with Crippen LogP contribution < -0.4 is 16.0 Å². The van der Waals surface area contributed by atoms with Gasteiger partial charge in [-0.3, -0.25) is 28.4 Å². The number of nitrogens with one attached hydrogen (secondary N) is 3. The molecule has 0 spiro atoms. The highest BCUT2D eigenvalue weighted by atomic mass is 19.1. The number of anilines is 3. The highest BCUT2D eigenvalue weighted by Crippen LogP contribution is 2.34. The number of benzene rings is 3. The Morgan fingerprint density at radius 2 is 0.740 bits per heavy atom. The van der Waals surface area contributed by atoms with Gasteiger partial charge in [-0.15, -0.1) is 0 Å². The summed E-state index contributed by atoms with van der Waals surface area (Å²) in [4.78, 5) is 96.7. The number of nitrogens with zero attached hydrogens (tertiary/aromatic N) is 15. The molecule has 0 saturated heterocycles. The Balaban J connectivity index is 0.000000157. The zero-order chi connectivity index (χ0) is 69.0.